The van der Waals surface area contributed by atoms with Crippen LogP contribution in [0.5, 0.6) is 0 Å². The van der Waals surface area contributed by atoms with Gasteiger partial charge in [-0.05, 0) is 49.2 Å². The van der Waals surface area contributed by atoms with Crippen molar-refractivity contribution in [3.05, 3.63) is 48.0 Å². The lowest BCUT2D eigenvalue weighted by atomic mass is 10.2. The van der Waals surface area contributed by atoms with Gasteiger partial charge < -0.3 is 9.47 Å². The minimum absolute atomic E-state index is 0.586. The van der Waals surface area contributed by atoms with Crippen molar-refractivity contribution >= 4 is 28.6 Å². The van der Waals surface area contributed by atoms with Gasteiger partial charge in [0.25, 0.3) is 0 Å². The highest BCUT2D eigenvalue weighted by Crippen LogP contribution is 2.20. The zero-order chi connectivity index (χ0) is 17.8. The monoisotopic (exact) mass is 370 g/mol. The van der Waals surface area contributed by atoms with Crippen LogP contribution in [-0.2, 0) is 6.54 Å². The third kappa shape index (κ3) is 3.81. The van der Waals surface area contributed by atoms with Crippen molar-refractivity contribution in [1.29, 1.82) is 0 Å². The number of para-hydroxylation sites is 2. The number of unbranched alkanes of at least 4 members (excludes halogenated alkanes) is 1. The van der Waals surface area contributed by atoms with Crippen molar-refractivity contribution in [3.63, 3.8) is 0 Å². The standard InChI is InChI=1S/C19H23ClN6/c20-18-23-16-6-1-2-7-17(16)26(18)11-4-3-10-24-12-14-25(15-13-24)19-21-8-5-9-22-19/h1-2,5-9H,3-4,10-15H2. The predicted octanol–water partition coefficient (Wildman–Crippen LogP) is 3.08. The van der Waals surface area contributed by atoms with Crippen LogP contribution in [0.25, 0.3) is 11.0 Å². The SMILES string of the molecule is Clc1nc2ccccc2n1CCCCN1CCN(c2ncccn2)CC1. The Morgan fingerprint density at radius 1 is 0.885 bits per heavy atom. The van der Waals surface area contributed by atoms with Crippen LogP contribution in [0.3, 0.4) is 0 Å². The minimum atomic E-state index is 0.586. The highest BCUT2D eigenvalue weighted by Gasteiger charge is 2.18. The van der Waals surface area contributed by atoms with Gasteiger partial charge in [-0.25, -0.2) is 15.0 Å². The van der Waals surface area contributed by atoms with Crippen molar-refractivity contribution in [2.45, 2.75) is 19.4 Å². The molecule has 1 fully saturated rings. The summed E-state index contributed by atoms with van der Waals surface area (Å²) >= 11 is 6.29. The molecule has 0 bridgehead atoms. The molecule has 0 atom stereocenters. The molecule has 1 aromatic carbocycles. The number of hydrogen-bond donors (Lipinski definition) is 0. The highest BCUT2D eigenvalue weighted by atomic mass is 35.5. The first-order chi connectivity index (χ1) is 12.8. The third-order valence-corrected chi connectivity index (χ3v) is 5.21. The number of piperazine rings is 1. The number of aromatic nitrogens is 4. The summed E-state index contributed by atoms with van der Waals surface area (Å²) < 4.78 is 2.11. The number of halogens is 1. The number of aryl methyl sites for hydroxylation is 1. The second kappa shape index (κ2) is 8.01. The average Bonchev–Trinajstić information content (AvgIpc) is 3.01. The van der Waals surface area contributed by atoms with E-state index in [-0.39, 0.29) is 0 Å². The van der Waals surface area contributed by atoms with Gasteiger partial charge in [0, 0.05) is 45.1 Å². The van der Waals surface area contributed by atoms with Gasteiger partial charge in [-0.15, -0.1) is 0 Å². The van der Waals surface area contributed by atoms with E-state index in [4.69, 9.17) is 11.6 Å². The van der Waals surface area contributed by atoms with Crippen LogP contribution < -0.4 is 4.90 Å². The summed E-state index contributed by atoms with van der Waals surface area (Å²) in [6.07, 6.45) is 5.87. The van der Waals surface area contributed by atoms with E-state index >= 15 is 0 Å². The number of hydrogen-bond acceptors (Lipinski definition) is 5. The zero-order valence-corrected chi connectivity index (χ0v) is 15.5. The lowest BCUT2D eigenvalue weighted by molar-refractivity contribution is 0.250. The van der Waals surface area contributed by atoms with Crippen molar-refractivity contribution in [2.24, 2.45) is 0 Å². The summed E-state index contributed by atoms with van der Waals surface area (Å²) in [4.78, 5) is 17.9. The number of nitrogens with zero attached hydrogens (tertiary/aromatic N) is 6. The van der Waals surface area contributed by atoms with Gasteiger partial charge in [0.05, 0.1) is 11.0 Å². The Morgan fingerprint density at radius 3 is 2.42 bits per heavy atom. The molecule has 7 heteroatoms. The van der Waals surface area contributed by atoms with Crippen LogP contribution in [0, 0.1) is 0 Å². The van der Waals surface area contributed by atoms with Crippen LogP contribution in [0.15, 0.2) is 42.7 Å². The molecule has 3 aromatic rings. The second-order valence-electron chi connectivity index (χ2n) is 6.61. The maximum Gasteiger partial charge on any atom is 0.225 e. The van der Waals surface area contributed by atoms with Crippen molar-refractivity contribution in [2.75, 3.05) is 37.6 Å². The summed E-state index contributed by atoms with van der Waals surface area (Å²) in [6, 6.07) is 9.98. The van der Waals surface area contributed by atoms with E-state index in [1.807, 2.05) is 24.3 Å². The topological polar surface area (TPSA) is 50.1 Å². The first kappa shape index (κ1) is 17.2. The minimum Gasteiger partial charge on any atom is -0.338 e. The number of anilines is 1. The molecule has 6 nitrogen and oxygen atoms in total. The Labute approximate surface area is 158 Å². The average molecular weight is 371 g/mol. The molecule has 1 aliphatic rings. The number of fused-ring (bicyclic) bond motifs is 1. The van der Waals surface area contributed by atoms with Crippen LogP contribution in [0.1, 0.15) is 12.8 Å². The summed E-state index contributed by atoms with van der Waals surface area (Å²) in [6.45, 7) is 6.13. The van der Waals surface area contributed by atoms with Gasteiger partial charge in [-0.3, -0.25) is 4.90 Å². The van der Waals surface area contributed by atoms with E-state index < -0.39 is 0 Å². The molecule has 0 spiro atoms. The summed E-state index contributed by atoms with van der Waals surface area (Å²) in [7, 11) is 0. The Balaban J connectivity index is 1.23. The molecular weight excluding hydrogens is 348 g/mol. The molecular formula is C19H23ClN6. The van der Waals surface area contributed by atoms with Crippen LogP contribution in [-0.4, -0.2) is 57.1 Å². The van der Waals surface area contributed by atoms with Crippen molar-refractivity contribution in [1.82, 2.24) is 24.4 Å². The fourth-order valence-corrected chi connectivity index (χ4v) is 3.76. The molecule has 0 unspecified atom stereocenters. The van der Waals surface area contributed by atoms with E-state index in [9.17, 15) is 0 Å². The summed E-state index contributed by atoms with van der Waals surface area (Å²) in [5.41, 5.74) is 2.09. The third-order valence-electron chi connectivity index (χ3n) is 4.92. The Hall–Kier alpha value is -2.18. The quantitative estimate of drug-likeness (QED) is 0.624. The fraction of sp³-hybridized carbons (Fsp3) is 0.421. The van der Waals surface area contributed by atoms with E-state index in [1.165, 1.54) is 0 Å². The predicted molar refractivity (Wildman–Crippen MR) is 105 cm³/mol. The molecule has 4 rings (SSSR count). The molecule has 3 heterocycles. The normalized spacial score (nSPS) is 15.7. The molecule has 0 aliphatic carbocycles. The zero-order valence-electron chi connectivity index (χ0n) is 14.8. The first-order valence-corrected chi connectivity index (χ1v) is 9.54. The van der Waals surface area contributed by atoms with Gasteiger partial charge in [0.15, 0.2) is 0 Å². The Morgan fingerprint density at radius 2 is 1.62 bits per heavy atom. The second-order valence-corrected chi connectivity index (χ2v) is 6.94. The number of imidazole rings is 1. The molecule has 2 aromatic heterocycles. The van der Waals surface area contributed by atoms with Crippen molar-refractivity contribution < 1.29 is 0 Å². The fourth-order valence-electron chi connectivity index (χ4n) is 3.49. The lowest BCUT2D eigenvalue weighted by Crippen LogP contribution is -2.47. The summed E-state index contributed by atoms with van der Waals surface area (Å²) in [5, 5.41) is 0.586. The molecule has 136 valence electrons. The van der Waals surface area contributed by atoms with Gasteiger partial charge in [-0.2, -0.15) is 0 Å². The van der Waals surface area contributed by atoms with E-state index in [1.54, 1.807) is 12.4 Å². The van der Waals surface area contributed by atoms with Gasteiger partial charge >= 0.3 is 0 Å². The van der Waals surface area contributed by atoms with E-state index in [0.717, 1.165) is 69.1 Å². The molecule has 0 saturated carbocycles. The first-order valence-electron chi connectivity index (χ1n) is 9.16. The largest absolute Gasteiger partial charge is 0.338 e. The Bertz CT molecular complexity index is 842. The molecule has 1 saturated heterocycles. The smallest absolute Gasteiger partial charge is 0.225 e. The molecule has 0 amide bonds. The summed E-state index contributed by atoms with van der Waals surface area (Å²) in [5.74, 6) is 0.841. The Kier molecular flexibility index (Phi) is 5.32. The number of rotatable bonds is 6. The van der Waals surface area contributed by atoms with Gasteiger partial charge in [0.1, 0.15) is 0 Å². The highest BCUT2D eigenvalue weighted by molar-refractivity contribution is 6.29. The maximum atomic E-state index is 6.29. The molecule has 0 N–H and O–H groups in total. The van der Waals surface area contributed by atoms with Gasteiger partial charge in [-0.1, -0.05) is 12.1 Å². The van der Waals surface area contributed by atoms with E-state index in [0.29, 0.717) is 5.28 Å². The van der Waals surface area contributed by atoms with Gasteiger partial charge in [0.2, 0.25) is 11.2 Å². The van der Waals surface area contributed by atoms with Crippen molar-refractivity contribution in [3.8, 4) is 0 Å². The van der Waals surface area contributed by atoms with Crippen LogP contribution >= 0.6 is 11.6 Å². The molecule has 0 radical (unpaired) electrons. The lowest BCUT2D eigenvalue weighted by Gasteiger charge is -2.34. The molecule has 26 heavy (non-hydrogen) atoms. The molecule has 1 aliphatic heterocycles. The maximum absolute atomic E-state index is 6.29. The number of benzene rings is 1. The van der Waals surface area contributed by atoms with Crippen LogP contribution in [0.4, 0.5) is 5.95 Å². The van der Waals surface area contributed by atoms with E-state index in [2.05, 4.69) is 35.4 Å². The van der Waals surface area contributed by atoms with Crippen LogP contribution in [0.2, 0.25) is 5.28 Å².